The SMILES string of the molecule is CN(CCCCC(=O)NN)Cc1ccc(F)cc1. The average Bonchev–Trinajstić information content (AvgIpc) is 2.37. The number of hydrogen-bond donors (Lipinski definition) is 2. The summed E-state index contributed by atoms with van der Waals surface area (Å²) in [6.45, 7) is 1.68. The molecule has 0 saturated heterocycles. The second-order valence-corrected chi connectivity index (χ2v) is 4.39. The molecule has 0 spiro atoms. The van der Waals surface area contributed by atoms with Crippen molar-refractivity contribution < 1.29 is 9.18 Å². The Kier molecular flexibility index (Phi) is 6.32. The van der Waals surface area contributed by atoms with Crippen molar-refractivity contribution in [2.75, 3.05) is 13.6 Å². The van der Waals surface area contributed by atoms with Gasteiger partial charge in [0, 0.05) is 13.0 Å². The highest BCUT2D eigenvalue weighted by Crippen LogP contribution is 2.06. The number of hydrogen-bond acceptors (Lipinski definition) is 3. The molecular formula is C13H20FN3O. The summed E-state index contributed by atoms with van der Waals surface area (Å²) in [5, 5.41) is 0. The quantitative estimate of drug-likeness (QED) is 0.334. The summed E-state index contributed by atoms with van der Waals surface area (Å²) in [7, 11) is 2.01. The molecule has 5 heteroatoms. The van der Waals surface area contributed by atoms with E-state index in [4.69, 9.17) is 5.84 Å². The van der Waals surface area contributed by atoms with E-state index in [1.165, 1.54) is 12.1 Å². The number of benzene rings is 1. The van der Waals surface area contributed by atoms with Gasteiger partial charge in [-0.15, -0.1) is 0 Å². The zero-order valence-corrected chi connectivity index (χ0v) is 10.7. The van der Waals surface area contributed by atoms with E-state index in [0.29, 0.717) is 6.42 Å². The van der Waals surface area contributed by atoms with Gasteiger partial charge in [0.05, 0.1) is 0 Å². The Hall–Kier alpha value is -1.46. The first-order chi connectivity index (χ1) is 8.61. The summed E-state index contributed by atoms with van der Waals surface area (Å²) >= 11 is 0. The molecule has 0 heterocycles. The summed E-state index contributed by atoms with van der Waals surface area (Å²) in [5.74, 6) is 4.65. The average molecular weight is 253 g/mol. The van der Waals surface area contributed by atoms with Crippen molar-refractivity contribution in [1.29, 1.82) is 0 Å². The van der Waals surface area contributed by atoms with E-state index in [1.54, 1.807) is 12.1 Å². The maximum Gasteiger partial charge on any atom is 0.233 e. The molecule has 1 aromatic carbocycles. The highest BCUT2D eigenvalue weighted by molar-refractivity contribution is 5.75. The first-order valence-corrected chi connectivity index (χ1v) is 6.04. The highest BCUT2D eigenvalue weighted by Gasteiger charge is 2.02. The van der Waals surface area contributed by atoms with Crippen LogP contribution in [0.15, 0.2) is 24.3 Å². The molecule has 0 bridgehead atoms. The van der Waals surface area contributed by atoms with Crippen molar-refractivity contribution in [2.45, 2.75) is 25.8 Å². The smallest absolute Gasteiger partial charge is 0.233 e. The summed E-state index contributed by atoms with van der Waals surface area (Å²) in [6.07, 6.45) is 2.21. The van der Waals surface area contributed by atoms with E-state index < -0.39 is 0 Å². The van der Waals surface area contributed by atoms with Crippen molar-refractivity contribution >= 4 is 5.91 Å². The topological polar surface area (TPSA) is 58.4 Å². The van der Waals surface area contributed by atoms with Crippen LogP contribution >= 0.6 is 0 Å². The monoisotopic (exact) mass is 253 g/mol. The van der Waals surface area contributed by atoms with E-state index in [-0.39, 0.29) is 11.7 Å². The minimum atomic E-state index is -0.214. The van der Waals surface area contributed by atoms with Gasteiger partial charge in [-0.05, 0) is 44.1 Å². The largest absolute Gasteiger partial charge is 0.302 e. The van der Waals surface area contributed by atoms with Gasteiger partial charge in [0.1, 0.15) is 5.82 Å². The van der Waals surface area contributed by atoms with Gasteiger partial charge in [-0.25, -0.2) is 10.2 Å². The molecule has 100 valence electrons. The normalized spacial score (nSPS) is 10.7. The van der Waals surface area contributed by atoms with Crippen LogP contribution in [0, 0.1) is 5.82 Å². The summed E-state index contributed by atoms with van der Waals surface area (Å²) in [6, 6.07) is 6.50. The van der Waals surface area contributed by atoms with Gasteiger partial charge in [-0.3, -0.25) is 10.2 Å². The van der Waals surface area contributed by atoms with Crippen LogP contribution in [-0.4, -0.2) is 24.4 Å². The van der Waals surface area contributed by atoms with Crippen LogP contribution in [-0.2, 0) is 11.3 Å². The second kappa shape index (κ2) is 7.79. The number of carbonyl (C=O) groups excluding carboxylic acids is 1. The summed E-state index contributed by atoms with van der Waals surface area (Å²) in [5.41, 5.74) is 3.19. The maximum absolute atomic E-state index is 12.7. The van der Waals surface area contributed by atoms with E-state index >= 15 is 0 Å². The second-order valence-electron chi connectivity index (χ2n) is 4.39. The Morgan fingerprint density at radius 3 is 2.61 bits per heavy atom. The fourth-order valence-corrected chi connectivity index (χ4v) is 1.72. The number of nitrogens with one attached hydrogen (secondary N) is 1. The standard InChI is InChI=1S/C13H20FN3O/c1-17(9-3-2-4-13(18)16-15)10-11-5-7-12(14)8-6-11/h5-8H,2-4,9-10,15H2,1H3,(H,16,18). The van der Waals surface area contributed by atoms with Crippen LogP contribution in [0.3, 0.4) is 0 Å². The Morgan fingerprint density at radius 2 is 2.00 bits per heavy atom. The van der Waals surface area contributed by atoms with Crippen LogP contribution in [0.5, 0.6) is 0 Å². The Bertz CT molecular complexity index is 367. The number of amides is 1. The molecule has 0 atom stereocenters. The third kappa shape index (κ3) is 5.75. The third-order valence-corrected chi connectivity index (χ3v) is 2.72. The van der Waals surface area contributed by atoms with Crippen molar-refractivity contribution in [3.63, 3.8) is 0 Å². The lowest BCUT2D eigenvalue weighted by molar-refractivity contribution is -0.121. The number of hydrazine groups is 1. The van der Waals surface area contributed by atoms with Crippen LogP contribution in [0.2, 0.25) is 0 Å². The van der Waals surface area contributed by atoms with Gasteiger partial charge < -0.3 is 4.90 Å². The van der Waals surface area contributed by atoms with Crippen molar-refractivity contribution in [3.05, 3.63) is 35.6 Å². The number of halogens is 1. The zero-order chi connectivity index (χ0) is 13.4. The van der Waals surface area contributed by atoms with Crippen LogP contribution in [0.4, 0.5) is 4.39 Å². The summed E-state index contributed by atoms with van der Waals surface area (Å²) in [4.78, 5) is 13.0. The minimum absolute atomic E-state index is 0.129. The van der Waals surface area contributed by atoms with Gasteiger partial charge in [0.2, 0.25) is 5.91 Å². The molecule has 18 heavy (non-hydrogen) atoms. The molecule has 1 aromatic rings. The van der Waals surface area contributed by atoms with Gasteiger partial charge >= 0.3 is 0 Å². The van der Waals surface area contributed by atoms with Gasteiger partial charge in [-0.2, -0.15) is 0 Å². The molecule has 0 fully saturated rings. The Labute approximate surface area is 107 Å². The number of unbranched alkanes of at least 4 members (excludes halogenated alkanes) is 1. The first-order valence-electron chi connectivity index (χ1n) is 6.04. The Morgan fingerprint density at radius 1 is 1.33 bits per heavy atom. The van der Waals surface area contributed by atoms with E-state index in [9.17, 15) is 9.18 Å². The van der Waals surface area contributed by atoms with Crippen molar-refractivity contribution in [2.24, 2.45) is 5.84 Å². The number of rotatable bonds is 7. The molecule has 0 aliphatic carbocycles. The highest BCUT2D eigenvalue weighted by atomic mass is 19.1. The molecule has 1 amide bonds. The molecular weight excluding hydrogens is 233 g/mol. The number of nitrogens with zero attached hydrogens (tertiary/aromatic N) is 1. The van der Waals surface area contributed by atoms with Crippen molar-refractivity contribution in [1.82, 2.24) is 10.3 Å². The summed E-state index contributed by atoms with van der Waals surface area (Å²) < 4.78 is 12.7. The van der Waals surface area contributed by atoms with Crippen LogP contribution in [0.1, 0.15) is 24.8 Å². The predicted molar refractivity (Wildman–Crippen MR) is 68.9 cm³/mol. The lowest BCUT2D eigenvalue weighted by atomic mass is 10.2. The van der Waals surface area contributed by atoms with Gasteiger partial charge in [-0.1, -0.05) is 12.1 Å². The minimum Gasteiger partial charge on any atom is -0.302 e. The van der Waals surface area contributed by atoms with Crippen LogP contribution in [0.25, 0.3) is 0 Å². The number of carbonyl (C=O) groups is 1. The molecule has 0 aromatic heterocycles. The molecule has 0 radical (unpaired) electrons. The fraction of sp³-hybridized carbons (Fsp3) is 0.462. The van der Waals surface area contributed by atoms with Gasteiger partial charge in [0.25, 0.3) is 0 Å². The third-order valence-electron chi connectivity index (χ3n) is 2.72. The van der Waals surface area contributed by atoms with E-state index in [0.717, 1.165) is 31.5 Å². The van der Waals surface area contributed by atoms with E-state index in [1.807, 2.05) is 7.05 Å². The lowest BCUT2D eigenvalue weighted by Gasteiger charge is -2.16. The van der Waals surface area contributed by atoms with Crippen molar-refractivity contribution in [3.8, 4) is 0 Å². The molecule has 0 aliphatic rings. The van der Waals surface area contributed by atoms with Gasteiger partial charge in [0.15, 0.2) is 0 Å². The molecule has 1 rings (SSSR count). The maximum atomic E-state index is 12.7. The zero-order valence-electron chi connectivity index (χ0n) is 10.7. The fourth-order valence-electron chi connectivity index (χ4n) is 1.72. The molecule has 0 saturated carbocycles. The predicted octanol–water partition coefficient (Wildman–Crippen LogP) is 1.42. The molecule has 0 unspecified atom stereocenters. The lowest BCUT2D eigenvalue weighted by Crippen LogP contribution is -2.29. The molecule has 3 N–H and O–H groups in total. The van der Waals surface area contributed by atoms with E-state index in [2.05, 4.69) is 10.3 Å². The number of nitrogens with two attached hydrogens (primary N) is 1. The first kappa shape index (κ1) is 14.6. The Balaban J connectivity index is 2.19. The van der Waals surface area contributed by atoms with Crippen LogP contribution < -0.4 is 11.3 Å². The molecule has 0 aliphatic heterocycles. The molecule has 4 nitrogen and oxygen atoms in total.